The van der Waals surface area contributed by atoms with Crippen molar-refractivity contribution < 1.29 is 117 Å². The average Bonchev–Trinajstić information content (AvgIpc) is 1.32. The van der Waals surface area contributed by atoms with Crippen LogP contribution in [0.25, 0.3) is 0 Å². The summed E-state index contributed by atoms with van der Waals surface area (Å²) in [6.07, 6.45) is 10.4. The van der Waals surface area contributed by atoms with E-state index < -0.39 is 91.2 Å². The first kappa shape index (κ1) is 86.1. The fourth-order valence-electron chi connectivity index (χ4n) is 9.72. The highest BCUT2D eigenvalue weighted by Crippen LogP contribution is 2.41. The number of ketones is 1. The van der Waals surface area contributed by atoms with Crippen molar-refractivity contribution in [3.05, 3.63) is 82.4 Å². The predicted molar refractivity (Wildman–Crippen MR) is 375 cm³/mol. The van der Waals surface area contributed by atoms with E-state index in [9.17, 15) is 79.2 Å². The number of carbonyl (C=O) groups excluding carboxylic acids is 3. The fraction of sp³-hybridized carbons (Fsp3) is 0.603. The second kappa shape index (κ2) is 43.7. The molecule has 0 saturated heterocycles. The minimum Gasteiger partial charge on any atom is -0.493 e. The lowest BCUT2D eigenvalue weighted by Gasteiger charge is -2.18. The Kier molecular flexibility index (Phi) is 36.5. The van der Waals surface area contributed by atoms with Gasteiger partial charge in [-0.1, -0.05) is 23.8 Å². The smallest absolute Gasteiger partial charge is 0.264 e. The molecule has 0 spiro atoms. The molecule has 35 nitrogen and oxygen atoms in total. The lowest BCUT2D eigenvalue weighted by Crippen LogP contribution is -2.25. The number of aromatic nitrogens is 6. The number of hydrogen-bond donors (Lipinski definition) is 8. The van der Waals surface area contributed by atoms with E-state index in [1.807, 2.05) is 20.2 Å². The van der Waals surface area contributed by atoms with Gasteiger partial charge in [-0.3, -0.25) is 46.5 Å². The van der Waals surface area contributed by atoms with E-state index in [4.69, 9.17) is 37.9 Å². The first-order chi connectivity index (χ1) is 48.8. The van der Waals surface area contributed by atoms with E-state index in [-0.39, 0.29) is 136 Å². The number of rotatable bonds is 56. The molecule has 103 heavy (non-hydrogen) atoms. The molecule has 5 rings (SSSR count). The van der Waals surface area contributed by atoms with Crippen molar-refractivity contribution in [3.63, 3.8) is 0 Å². The molecule has 0 atom stereocenters. The van der Waals surface area contributed by atoms with E-state index in [1.54, 1.807) is 27.7 Å². The molecule has 3 aromatic carbocycles. The molecular formula is C63H95N9O26S5. The number of hydrogen-bond acceptors (Lipinski definition) is 26. The molecule has 0 unspecified atom stereocenters. The van der Waals surface area contributed by atoms with Crippen molar-refractivity contribution >= 4 is 68.2 Å². The Hall–Kier alpha value is -7.54. The van der Waals surface area contributed by atoms with Crippen molar-refractivity contribution in [2.24, 2.45) is 0 Å². The van der Waals surface area contributed by atoms with Crippen LogP contribution >= 0.6 is 0 Å². The van der Waals surface area contributed by atoms with E-state index in [0.717, 1.165) is 36.3 Å². The normalized spacial score (nSPS) is 12.0. The van der Waals surface area contributed by atoms with Gasteiger partial charge in [0.15, 0.2) is 28.8 Å². The molecule has 0 bridgehead atoms. The Bertz CT molecular complexity index is 4040. The van der Waals surface area contributed by atoms with E-state index in [0.29, 0.717) is 108 Å². The highest BCUT2D eigenvalue weighted by atomic mass is 32.2. The SMILES string of the molecule is CCCCOc1cc(C(=O)NCCCn2cc(CCCCOc3cc(C(C)=O)cc(OCCCCc4cn(CCCNC(=O)c5cc(OCCCS(=O)(=O)O)c(OCCCS(=O)(=O)O)c(OCCCS(=O)(=O)O)c5)nn4)c3CCCNC)nn2)cc(OCCCS(=O)(=O)O)c1OCCCS(=O)(=O)O. The number of carbonyl (C=O) groups is 3. The minimum absolute atomic E-state index is 0.0194. The Morgan fingerprint density at radius 3 is 1.05 bits per heavy atom. The highest BCUT2D eigenvalue weighted by Gasteiger charge is 2.24. The van der Waals surface area contributed by atoms with E-state index in [1.165, 1.54) is 31.2 Å². The maximum Gasteiger partial charge on any atom is 0.264 e. The van der Waals surface area contributed by atoms with Crippen molar-refractivity contribution in [1.29, 1.82) is 0 Å². The van der Waals surface area contributed by atoms with Gasteiger partial charge in [-0.15, -0.1) is 10.2 Å². The molecular weight excluding hydrogens is 1460 g/mol. The number of unbranched alkanes of at least 4 members (excludes halogenated alkanes) is 3. The molecule has 2 amide bonds. The van der Waals surface area contributed by atoms with Gasteiger partial charge in [0.2, 0.25) is 11.5 Å². The van der Waals surface area contributed by atoms with Crippen LogP contribution in [0.4, 0.5) is 0 Å². The van der Waals surface area contributed by atoms with Gasteiger partial charge in [-0.05, 0) is 160 Å². The molecule has 5 aromatic rings. The van der Waals surface area contributed by atoms with Crippen LogP contribution in [-0.2, 0) is 82.9 Å². The van der Waals surface area contributed by atoms with Crippen LogP contribution in [0.5, 0.6) is 46.0 Å². The Balaban J connectivity index is 1.10. The Morgan fingerprint density at radius 2 is 0.718 bits per heavy atom. The van der Waals surface area contributed by atoms with Crippen LogP contribution in [0.2, 0.25) is 0 Å². The summed E-state index contributed by atoms with van der Waals surface area (Å²) in [7, 11) is -19.7. The van der Waals surface area contributed by atoms with Crippen molar-refractivity contribution in [2.75, 3.05) is 108 Å². The molecule has 0 aliphatic heterocycles. The third-order valence-corrected chi connectivity index (χ3v) is 18.8. The van der Waals surface area contributed by atoms with Crippen molar-refractivity contribution in [1.82, 2.24) is 45.9 Å². The average molecular weight is 1550 g/mol. The highest BCUT2D eigenvalue weighted by molar-refractivity contribution is 7.86. The van der Waals surface area contributed by atoms with Crippen molar-refractivity contribution in [2.45, 2.75) is 136 Å². The maximum atomic E-state index is 13.5. The molecule has 2 heterocycles. The first-order valence-corrected chi connectivity index (χ1v) is 41.6. The molecule has 0 radical (unpaired) electrons. The molecule has 8 N–H and O–H groups in total. The third kappa shape index (κ3) is 35.7. The number of nitrogens with one attached hydrogen (secondary N) is 3. The summed E-state index contributed by atoms with van der Waals surface area (Å²) in [5.74, 6) is -3.52. The number of nitrogens with zero attached hydrogens (tertiary/aromatic N) is 6. The number of benzene rings is 3. The lowest BCUT2D eigenvalue weighted by atomic mass is 10.0. The molecule has 0 aliphatic carbocycles. The summed E-state index contributed by atoms with van der Waals surface area (Å²) in [5.41, 5.74) is 2.87. The topological polar surface area (TPSA) is 494 Å². The standard InChI is InChI=1S/C63H95N9O26S5/c1-4-5-26-93-56-41-49(42-57(94-29-13-34-99(76,77)78)60(56)97-32-16-37-102(85,86)87)62(74)65-22-11-24-71-45-51(67-69-71)18-6-8-27-91-54-39-48(47(2)73)40-55(53(54)20-10-21-64-3)92-28-9-7-19-52-46-72(70-68-52)25-12-23-66-63(75)50-43-58(95-30-14-35-100(79,80)81)61(98-33-17-38-103(88,89)90)59(44-50)96-31-15-36-101(82,83)84/h39-46,64H,4-38H2,1-3H3,(H,65,74)(H,66,75)(H,76,77,78)(H,79,80,81)(H,82,83,84)(H,85,86,87)(H,88,89,90). The summed E-state index contributed by atoms with van der Waals surface area (Å²) < 4.78 is 210. The number of amides is 2. The van der Waals surface area contributed by atoms with Gasteiger partial charge in [-0.2, -0.15) is 42.1 Å². The molecule has 0 fully saturated rings. The van der Waals surface area contributed by atoms with Gasteiger partial charge >= 0.3 is 0 Å². The van der Waals surface area contributed by atoms with Crippen LogP contribution in [0.15, 0.2) is 48.8 Å². The zero-order valence-electron chi connectivity index (χ0n) is 57.9. The van der Waals surface area contributed by atoms with Crippen LogP contribution in [-0.4, -0.2) is 221 Å². The summed E-state index contributed by atoms with van der Waals surface area (Å²) in [5, 5.41) is 25.9. The summed E-state index contributed by atoms with van der Waals surface area (Å²) in [4.78, 5) is 39.9. The van der Waals surface area contributed by atoms with Gasteiger partial charge in [0.05, 0.1) is 93.0 Å². The molecule has 0 saturated carbocycles. The van der Waals surface area contributed by atoms with Gasteiger partial charge in [0.1, 0.15) is 11.5 Å². The van der Waals surface area contributed by atoms with Gasteiger partial charge in [-0.25, -0.2) is 0 Å². The number of Topliss-reactive ketones (excluding diaryl/α,β-unsaturated/α-hetero) is 1. The first-order valence-electron chi connectivity index (χ1n) is 33.6. The van der Waals surface area contributed by atoms with Crippen molar-refractivity contribution in [3.8, 4) is 46.0 Å². The van der Waals surface area contributed by atoms with E-state index >= 15 is 0 Å². The van der Waals surface area contributed by atoms with Gasteiger partial charge in [0.25, 0.3) is 62.4 Å². The Labute approximate surface area is 600 Å². The van der Waals surface area contributed by atoms with Crippen LogP contribution in [0, 0.1) is 0 Å². The maximum absolute atomic E-state index is 13.5. The Morgan fingerprint density at radius 1 is 0.398 bits per heavy atom. The lowest BCUT2D eigenvalue weighted by molar-refractivity contribution is 0.0943. The monoisotopic (exact) mass is 1550 g/mol. The fourth-order valence-corrected chi connectivity index (χ4v) is 12.1. The zero-order valence-corrected chi connectivity index (χ0v) is 62.0. The molecule has 40 heteroatoms. The van der Waals surface area contributed by atoms with Crippen LogP contribution < -0.4 is 53.8 Å². The number of aryl methyl sites for hydroxylation is 4. The van der Waals surface area contributed by atoms with Gasteiger partial charge < -0.3 is 53.8 Å². The quantitative estimate of drug-likeness (QED) is 0.0142. The summed E-state index contributed by atoms with van der Waals surface area (Å²) >= 11 is 0. The second-order valence-electron chi connectivity index (χ2n) is 23.7. The minimum atomic E-state index is -4.35. The van der Waals surface area contributed by atoms with Crippen LogP contribution in [0.3, 0.4) is 0 Å². The third-order valence-electron chi connectivity index (χ3n) is 14.8. The predicted octanol–water partition coefficient (Wildman–Crippen LogP) is 5.13. The zero-order chi connectivity index (χ0) is 75.5. The van der Waals surface area contributed by atoms with Gasteiger partial charge in [0, 0.05) is 60.8 Å². The largest absolute Gasteiger partial charge is 0.493 e. The van der Waals surface area contributed by atoms with E-state index in [2.05, 4.69) is 36.6 Å². The second-order valence-corrected chi connectivity index (χ2v) is 31.6. The number of ether oxygens (including phenoxy) is 8. The molecule has 578 valence electrons. The summed E-state index contributed by atoms with van der Waals surface area (Å²) in [6.45, 7) is 4.97. The molecule has 2 aromatic heterocycles. The van der Waals surface area contributed by atoms with Crippen LogP contribution in [0.1, 0.15) is 152 Å². The molecule has 0 aliphatic rings. The summed E-state index contributed by atoms with van der Waals surface area (Å²) in [6, 6.07) is 8.87.